The van der Waals surface area contributed by atoms with Crippen molar-refractivity contribution >= 4 is 15.9 Å². The summed E-state index contributed by atoms with van der Waals surface area (Å²) in [5, 5.41) is 3.02. The van der Waals surface area contributed by atoms with Crippen molar-refractivity contribution < 1.29 is 13.2 Å². The molecule has 138 valence electrons. The monoisotopic (exact) mass is 372 g/mol. The number of benzene rings is 2. The van der Waals surface area contributed by atoms with E-state index in [2.05, 4.69) is 11.4 Å². The van der Waals surface area contributed by atoms with Crippen molar-refractivity contribution in [3.8, 4) is 0 Å². The summed E-state index contributed by atoms with van der Waals surface area (Å²) in [7, 11) is -3.68. The molecule has 0 aromatic heterocycles. The molecule has 0 heterocycles. The van der Waals surface area contributed by atoms with Crippen LogP contribution < -0.4 is 5.32 Å². The normalized spacial score (nSPS) is 16.9. The fraction of sp³-hybridized carbons (Fsp3) is 0.350. The highest BCUT2D eigenvalue weighted by atomic mass is 32.2. The molecule has 1 amide bonds. The van der Waals surface area contributed by atoms with Crippen LogP contribution in [0.3, 0.4) is 0 Å². The summed E-state index contributed by atoms with van der Waals surface area (Å²) in [6, 6.07) is 16.3. The highest BCUT2D eigenvalue weighted by Gasteiger charge is 2.27. The van der Waals surface area contributed by atoms with Crippen LogP contribution in [0.15, 0.2) is 59.5 Å². The fourth-order valence-corrected chi connectivity index (χ4v) is 4.84. The van der Waals surface area contributed by atoms with Gasteiger partial charge in [-0.25, -0.2) is 8.42 Å². The Morgan fingerprint density at radius 3 is 2.54 bits per heavy atom. The van der Waals surface area contributed by atoms with Gasteiger partial charge in [0.2, 0.25) is 15.9 Å². The Balaban J connectivity index is 1.71. The van der Waals surface area contributed by atoms with Gasteiger partial charge in [0.05, 0.1) is 17.5 Å². The van der Waals surface area contributed by atoms with Crippen molar-refractivity contribution in [2.75, 3.05) is 13.1 Å². The topological polar surface area (TPSA) is 66.5 Å². The van der Waals surface area contributed by atoms with E-state index in [1.165, 1.54) is 9.87 Å². The van der Waals surface area contributed by atoms with Gasteiger partial charge >= 0.3 is 0 Å². The molecular formula is C20H24N2O3S. The molecule has 1 aliphatic carbocycles. The largest absolute Gasteiger partial charge is 0.348 e. The number of sulfonamides is 1. The molecule has 0 unspecified atom stereocenters. The molecule has 0 radical (unpaired) electrons. The minimum atomic E-state index is -3.68. The molecule has 0 aliphatic heterocycles. The molecule has 0 saturated heterocycles. The van der Waals surface area contributed by atoms with E-state index in [0.29, 0.717) is 0 Å². The molecule has 0 bridgehead atoms. The number of hydrogen-bond donors (Lipinski definition) is 1. The Bertz CT molecular complexity index is 866. The van der Waals surface area contributed by atoms with Gasteiger partial charge in [0, 0.05) is 6.54 Å². The van der Waals surface area contributed by atoms with E-state index in [9.17, 15) is 13.2 Å². The number of rotatable bonds is 6. The first kappa shape index (κ1) is 18.6. The molecule has 3 rings (SSSR count). The Labute approximate surface area is 155 Å². The predicted molar refractivity (Wildman–Crippen MR) is 101 cm³/mol. The van der Waals surface area contributed by atoms with Crippen LogP contribution in [0.25, 0.3) is 0 Å². The minimum Gasteiger partial charge on any atom is -0.348 e. The van der Waals surface area contributed by atoms with E-state index >= 15 is 0 Å². The number of likely N-dealkylation sites (N-methyl/N-ethyl adjacent to an activating group) is 1. The third-order valence-electron chi connectivity index (χ3n) is 4.76. The lowest BCUT2D eigenvalue weighted by Gasteiger charge is -2.27. The molecular weight excluding hydrogens is 348 g/mol. The number of carbonyl (C=O) groups is 1. The lowest BCUT2D eigenvalue weighted by Crippen LogP contribution is -2.42. The first-order chi connectivity index (χ1) is 12.5. The van der Waals surface area contributed by atoms with Gasteiger partial charge in [-0.1, -0.05) is 49.4 Å². The number of aryl methyl sites for hydroxylation is 1. The first-order valence-corrected chi connectivity index (χ1v) is 10.4. The molecule has 6 heteroatoms. The fourth-order valence-electron chi connectivity index (χ4n) is 3.41. The van der Waals surface area contributed by atoms with Gasteiger partial charge in [-0.3, -0.25) is 4.79 Å². The summed E-state index contributed by atoms with van der Waals surface area (Å²) in [5.74, 6) is -0.270. The van der Waals surface area contributed by atoms with Crippen molar-refractivity contribution in [3.05, 3.63) is 65.7 Å². The zero-order valence-corrected chi connectivity index (χ0v) is 15.7. The zero-order valence-electron chi connectivity index (χ0n) is 14.9. The molecule has 1 N–H and O–H groups in total. The number of carbonyl (C=O) groups excluding carboxylic acids is 1. The number of amides is 1. The quantitative estimate of drug-likeness (QED) is 0.848. The second kappa shape index (κ2) is 8.01. The van der Waals surface area contributed by atoms with Gasteiger partial charge in [-0.05, 0) is 42.5 Å². The first-order valence-electron chi connectivity index (χ1n) is 8.94. The van der Waals surface area contributed by atoms with Crippen LogP contribution in [0.2, 0.25) is 0 Å². The molecule has 2 aromatic carbocycles. The Morgan fingerprint density at radius 2 is 1.81 bits per heavy atom. The molecule has 0 spiro atoms. The van der Waals surface area contributed by atoms with E-state index < -0.39 is 10.0 Å². The SMILES string of the molecule is CCN(CC(=O)N[C@H]1CCCc2ccccc21)S(=O)(=O)c1ccccc1. The average molecular weight is 372 g/mol. The van der Waals surface area contributed by atoms with Gasteiger partial charge in [-0.15, -0.1) is 0 Å². The zero-order chi connectivity index (χ0) is 18.6. The number of hydrogen-bond acceptors (Lipinski definition) is 3. The molecule has 0 saturated carbocycles. The van der Waals surface area contributed by atoms with E-state index in [1.807, 2.05) is 18.2 Å². The van der Waals surface area contributed by atoms with Crippen molar-refractivity contribution in [1.29, 1.82) is 0 Å². The lowest BCUT2D eigenvalue weighted by molar-refractivity contribution is -0.122. The van der Waals surface area contributed by atoms with Crippen LogP contribution in [0.1, 0.15) is 36.9 Å². The maximum absolute atomic E-state index is 12.7. The Morgan fingerprint density at radius 1 is 1.12 bits per heavy atom. The van der Waals surface area contributed by atoms with Gasteiger partial charge in [-0.2, -0.15) is 4.31 Å². The summed E-state index contributed by atoms with van der Waals surface area (Å²) in [6.07, 6.45) is 2.91. The van der Waals surface area contributed by atoms with E-state index in [1.54, 1.807) is 37.3 Å². The van der Waals surface area contributed by atoms with Crippen molar-refractivity contribution in [2.24, 2.45) is 0 Å². The number of nitrogens with one attached hydrogen (secondary N) is 1. The standard InChI is InChI=1S/C20H24N2O3S/c1-2-22(26(24,25)17-11-4-3-5-12-17)15-20(23)21-19-14-8-10-16-9-6-7-13-18(16)19/h3-7,9,11-13,19H,2,8,10,14-15H2,1H3,(H,21,23)/t19-/m0/s1. The molecule has 2 aromatic rings. The van der Waals surface area contributed by atoms with Crippen molar-refractivity contribution in [2.45, 2.75) is 37.1 Å². The summed E-state index contributed by atoms with van der Waals surface area (Å²) < 4.78 is 26.7. The maximum Gasteiger partial charge on any atom is 0.243 e. The third-order valence-corrected chi connectivity index (χ3v) is 6.69. The van der Waals surface area contributed by atoms with Crippen LogP contribution in [0, 0.1) is 0 Å². The van der Waals surface area contributed by atoms with Gasteiger partial charge in [0.25, 0.3) is 0 Å². The van der Waals surface area contributed by atoms with Crippen LogP contribution in [-0.4, -0.2) is 31.7 Å². The highest BCUT2D eigenvalue weighted by Crippen LogP contribution is 2.29. The van der Waals surface area contributed by atoms with Crippen LogP contribution in [-0.2, 0) is 21.2 Å². The highest BCUT2D eigenvalue weighted by molar-refractivity contribution is 7.89. The van der Waals surface area contributed by atoms with Gasteiger partial charge < -0.3 is 5.32 Å². The van der Waals surface area contributed by atoms with Gasteiger partial charge in [0.1, 0.15) is 0 Å². The molecule has 1 atom stereocenters. The Hall–Kier alpha value is -2.18. The van der Waals surface area contributed by atoms with E-state index in [0.717, 1.165) is 24.8 Å². The summed E-state index contributed by atoms with van der Waals surface area (Å²) >= 11 is 0. The molecule has 0 fully saturated rings. The van der Waals surface area contributed by atoms with E-state index in [4.69, 9.17) is 0 Å². The number of fused-ring (bicyclic) bond motifs is 1. The lowest BCUT2D eigenvalue weighted by atomic mass is 9.88. The van der Waals surface area contributed by atoms with E-state index in [-0.39, 0.29) is 29.9 Å². The summed E-state index contributed by atoms with van der Waals surface area (Å²) in [4.78, 5) is 12.8. The third kappa shape index (κ3) is 3.97. The second-order valence-corrected chi connectivity index (χ2v) is 8.39. The minimum absolute atomic E-state index is 0.0504. The summed E-state index contributed by atoms with van der Waals surface area (Å²) in [5.41, 5.74) is 2.40. The van der Waals surface area contributed by atoms with Crippen molar-refractivity contribution in [3.63, 3.8) is 0 Å². The molecule has 5 nitrogen and oxygen atoms in total. The van der Waals surface area contributed by atoms with Crippen molar-refractivity contribution in [1.82, 2.24) is 9.62 Å². The maximum atomic E-state index is 12.7. The smallest absolute Gasteiger partial charge is 0.243 e. The predicted octanol–water partition coefficient (Wildman–Crippen LogP) is 2.89. The van der Waals surface area contributed by atoms with Crippen LogP contribution in [0.5, 0.6) is 0 Å². The Kier molecular flexibility index (Phi) is 5.74. The molecule has 1 aliphatic rings. The average Bonchev–Trinajstić information content (AvgIpc) is 2.67. The molecule has 26 heavy (non-hydrogen) atoms. The van der Waals surface area contributed by atoms with Gasteiger partial charge in [0.15, 0.2) is 0 Å². The van der Waals surface area contributed by atoms with Crippen LogP contribution in [0.4, 0.5) is 0 Å². The number of nitrogens with zero attached hydrogens (tertiary/aromatic N) is 1. The summed E-state index contributed by atoms with van der Waals surface area (Å²) in [6.45, 7) is 1.81. The second-order valence-electron chi connectivity index (χ2n) is 6.46. The van der Waals surface area contributed by atoms with Crippen LogP contribution >= 0.6 is 0 Å².